The van der Waals surface area contributed by atoms with E-state index in [0.717, 1.165) is 33.8 Å². The van der Waals surface area contributed by atoms with Gasteiger partial charge in [-0.05, 0) is 39.0 Å². The fourth-order valence-electron chi connectivity index (χ4n) is 3.22. The molecule has 8 nitrogen and oxygen atoms in total. The molecule has 0 aliphatic carbocycles. The Morgan fingerprint density at radius 1 is 1.12 bits per heavy atom. The molecule has 4 heterocycles. The lowest BCUT2D eigenvalue weighted by Crippen LogP contribution is -2.06. The molecule has 4 aromatic heterocycles. The molecule has 4 aromatic rings. The molecular weight excluding hydrogens is 316 g/mol. The average Bonchev–Trinajstić information content (AvgIpc) is 3.14. The van der Waals surface area contributed by atoms with Gasteiger partial charge >= 0.3 is 0 Å². The first kappa shape index (κ1) is 15.4. The standard InChI is InChI=1S/C17H20N8/c1-9(2)25-10(3)20-13-6-5-12(21-16(13)25)11-7-8-24-14(11)15(18)22-17(19-4)23-24/h5-9H,1-4H3,(H3,18,19,22,23). The fraction of sp³-hybridized carbons (Fsp3) is 0.294. The second-order valence-electron chi connectivity index (χ2n) is 6.26. The van der Waals surface area contributed by atoms with Gasteiger partial charge in [-0.2, -0.15) is 4.98 Å². The third-order valence-electron chi connectivity index (χ3n) is 4.27. The number of anilines is 2. The van der Waals surface area contributed by atoms with Crippen LogP contribution >= 0.6 is 0 Å². The molecule has 0 aliphatic rings. The van der Waals surface area contributed by atoms with Gasteiger partial charge in [0.1, 0.15) is 16.9 Å². The molecular formula is C17H20N8. The summed E-state index contributed by atoms with van der Waals surface area (Å²) in [7, 11) is 1.76. The Morgan fingerprint density at radius 2 is 1.92 bits per heavy atom. The van der Waals surface area contributed by atoms with Crippen LogP contribution in [0.5, 0.6) is 0 Å². The number of nitrogen functional groups attached to an aromatic ring is 1. The topological polar surface area (TPSA) is 98.9 Å². The smallest absolute Gasteiger partial charge is 0.242 e. The van der Waals surface area contributed by atoms with Gasteiger partial charge in [0.05, 0.1) is 5.69 Å². The van der Waals surface area contributed by atoms with Crippen molar-refractivity contribution in [1.29, 1.82) is 0 Å². The predicted octanol–water partition coefficient (Wildman–Crippen LogP) is 2.65. The minimum Gasteiger partial charge on any atom is -0.382 e. The highest BCUT2D eigenvalue weighted by atomic mass is 15.3. The number of aryl methyl sites for hydroxylation is 1. The summed E-state index contributed by atoms with van der Waals surface area (Å²) in [4.78, 5) is 13.7. The Hall–Kier alpha value is -3.16. The van der Waals surface area contributed by atoms with E-state index in [2.05, 4.69) is 38.8 Å². The number of nitrogens with one attached hydrogen (secondary N) is 1. The van der Waals surface area contributed by atoms with Crippen molar-refractivity contribution in [2.75, 3.05) is 18.1 Å². The molecule has 0 fully saturated rings. The summed E-state index contributed by atoms with van der Waals surface area (Å²) in [6.07, 6.45) is 1.86. The number of nitrogens with zero attached hydrogens (tertiary/aromatic N) is 6. The predicted molar refractivity (Wildman–Crippen MR) is 98.6 cm³/mol. The van der Waals surface area contributed by atoms with Crippen molar-refractivity contribution in [3.8, 4) is 11.3 Å². The normalized spacial score (nSPS) is 11.7. The van der Waals surface area contributed by atoms with E-state index in [-0.39, 0.29) is 6.04 Å². The van der Waals surface area contributed by atoms with Gasteiger partial charge in [-0.1, -0.05) is 0 Å². The quantitative estimate of drug-likeness (QED) is 0.597. The number of aromatic nitrogens is 6. The van der Waals surface area contributed by atoms with Gasteiger partial charge in [-0.15, -0.1) is 5.10 Å². The van der Waals surface area contributed by atoms with Crippen LogP contribution in [0, 0.1) is 6.92 Å². The Labute approximate surface area is 144 Å². The molecule has 0 aromatic carbocycles. The summed E-state index contributed by atoms with van der Waals surface area (Å²) in [5, 5.41) is 7.29. The molecule has 8 heteroatoms. The Balaban J connectivity index is 1.96. The van der Waals surface area contributed by atoms with Crippen LogP contribution in [0.1, 0.15) is 25.7 Å². The number of rotatable bonds is 3. The maximum atomic E-state index is 6.15. The van der Waals surface area contributed by atoms with Crippen LogP contribution in [0.2, 0.25) is 0 Å². The van der Waals surface area contributed by atoms with Crippen molar-refractivity contribution in [3.63, 3.8) is 0 Å². The maximum Gasteiger partial charge on any atom is 0.242 e. The molecule has 0 amide bonds. The molecule has 25 heavy (non-hydrogen) atoms. The van der Waals surface area contributed by atoms with E-state index in [0.29, 0.717) is 11.8 Å². The summed E-state index contributed by atoms with van der Waals surface area (Å²) < 4.78 is 3.86. The minimum atomic E-state index is 0.283. The molecule has 0 saturated carbocycles. The highest BCUT2D eigenvalue weighted by molar-refractivity contribution is 5.88. The van der Waals surface area contributed by atoms with E-state index in [9.17, 15) is 0 Å². The molecule has 4 rings (SSSR count). The molecule has 0 spiro atoms. The monoisotopic (exact) mass is 336 g/mol. The van der Waals surface area contributed by atoms with E-state index >= 15 is 0 Å². The zero-order valence-corrected chi connectivity index (χ0v) is 14.6. The average molecular weight is 336 g/mol. The molecule has 0 atom stereocenters. The first-order chi connectivity index (χ1) is 12.0. The third kappa shape index (κ3) is 2.29. The van der Waals surface area contributed by atoms with Gasteiger partial charge in [-0.25, -0.2) is 14.5 Å². The van der Waals surface area contributed by atoms with Crippen LogP contribution in [-0.2, 0) is 0 Å². The lowest BCUT2D eigenvalue weighted by atomic mass is 10.2. The van der Waals surface area contributed by atoms with Crippen LogP contribution in [0.15, 0.2) is 24.4 Å². The third-order valence-corrected chi connectivity index (χ3v) is 4.27. The van der Waals surface area contributed by atoms with Crippen molar-refractivity contribution in [2.45, 2.75) is 26.8 Å². The first-order valence-electron chi connectivity index (χ1n) is 8.18. The number of hydrogen-bond donors (Lipinski definition) is 2. The van der Waals surface area contributed by atoms with Crippen LogP contribution < -0.4 is 11.1 Å². The van der Waals surface area contributed by atoms with Crippen molar-refractivity contribution in [3.05, 3.63) is 30.2 Å². The van der Waals surface area contributed by atoms with Crippen molar-refractivity contribution in [1.82, 2.24) is 29.1 Å². The fourth-order valence-corrected chi connectivity index (χ4v) is 3.22. The van der Waals surface area contributed by atoms with Gasteiger partial charge in [0.15, 0.2) is 11.5 Å². The van der Waals surface area contributed by atoms with Gasteiger partial charge in [0, 0.05) is 24.8 Å². The SMILES string of the molecule is CNc1nc(N)c2c(-c3ccc4nc(C)n(C(C)C)c4n3)ccn2n1. The van der Waals surface area contributed by atoms with E-state index in [4.69, 9.17) is 10.7 Å². The highest BCUT2D eigenvalue weighted by Gasteiger charge is 2.16. The summed E-state index contributed by atoms with van der Waals surface area (Å²) in [6, 6.07) is 6.19. The van der Waals surface area contributed by atoms with Crippen LogP contribution in [0.4, 0.5) is 11.8 Å². The van der Waals surface area contributed by atoms with Crippen molar-refractivity contribution in [2.24, 2.45) is 0 Å². The van der Waals surface area contributed by atoms with E-state index in [1.54, 1.807) is 11.6 Å². The lowest BCUT2D eigenvalue weighted by Gasteiger charge is -2.10. The molecule has 0 unspecified atom stereocenters. The second-order valence-corrected chi connectivity index (χ2v) is 6.26. The minimum absolute atomic E-state index is 0.283. The number of hydrogen-bond acceptors (Lipinski definition) is 6. The zero-order valence-electron chi connectivity index (χ0n) is 14.6. The lowest BCUT2D eigenvalue weighted by molar-refractivity contribution is 0.595. The number of nitrogens with two attached hydrogens (primary N) is 1. The maximum absolute atomic E-state index is 6.15. The van der Waals surface area contributed by atoms with Crippen molar-refractivity contribution >= 4 is 28.4 Å². The number of imidazole rings is 1. The van der Waals surface area contributed by atoms with E-state index < -0.39 is 0 Å². The van der Waals surface area contributed by atoms with Crippen LogP contribution in [0.25, 0.3) is 27.9 Å². The Morgan fingerprint density at radius 3 is 2.64 bits per heavy atom. The van der Waals surface area contributed by atoms with Crippen LogP contribution in [-0.4, -0.2) is 36.2 Å². The Bertz CT molecular complexity index is 1090. The van der Waals surface area contributed by atoms with Crippen LogP contribution in [0.3, 0.4) is 0 Å². The van der Waals surface area contributed by atoms with E-state index in [1.165, 1.54) is 0 Å². The molecule has 0 saturated heterocycles. The summed E-state index contributed by atoms with van der Waals surface area (Å²) in [5.74, 6) is 1.84. The highest BCUT2D eigenvalue weighted by Crippen LogP contribution is 2.29. The zero-order chi connectivity index (χ0) is 17.7. The summed E-state index contributed by atoms with van der Waals surface area (Å²) >= 11 is 0. The second kappa shape index (κ2) is 5.44. The van der Waals surface area contributed by atoms with E-state index in [1.807, 2.05) is 31.3 Å². The Kier molecular flexibility index (Phi) is 3.34. The van der Waals surface area contributed by atoms with Gasteiger partial charge in [0.2, 0.25) is 5.95 Å². The summed E-state index contributed by atoms with van der Waals surface area (Å²) in [6.45, 7) is 6.25. The molecule has 0 radical (unpaired) electrons. The molecule has 128 valence electrons. The largest absolute Gasteiger partial charge is 0.382 e. The van der Waals surface area contributed by atoms with Crippen molar-refractivity contribution < 1.29 is 0 Å². The number of pyridine rings is 1. The molecule has 0 bridgehead atoms. The number of fused-ring (bicyclic) bond motifs is 2. The first-order valence-corrected chi connectivity index (χ1v) is 8.18. The molecule has 0 aliphatic heterocycles. The van der Waals surface area contributed by atoms with Gasteiger partial charge in [-0.3, -0.25) is 0 Å². The summed E-state index contributed by atoms with van der Waals surface area (Å²) in [5.41, 5.74) is 10.4. The van der Waals surface area contributed by atoms with Gasteiger partial charge < -0.3 is 15.6 Å². The van der Waals surface area contributed by atoms with Gasteiger partial charge in [0.25, 0.3) is 0 Å². The molecule has 3 N–H and O–H groups in total.